The second-order valence-electron chi connectivity index (χ2n) is 7.53. The van der Waals surface area contributed by atoms with E-state index in [-0.39, 0.29) is 5.78 Å². The summed E-state index contributed by atoms with van der Waals surface area (Å²) >= 11 is 0. The second kappa shape index (κ2) is 12.1. The van der Waals surface area contributed by atoms with Gasteiger partial charge in [0.2, 0.25) is 0 Å². The fraction of sp³-hybridized carbons (Fsp3) is 0.640. The average Bonchev–Trinajstić information content (AvgIpc) is 2.71. The highest BCUT2D eigenvalue weighted by Gasteiger charge is 2.30. The molecule has 4 rings (SSSR count). The Balaban J connectivity index is 0.000000277. The van der Waals surface area contributed by atoms with Crippen LogP contribution in [-0.2, 0) is 6.42 Å². The molecular weight excluding hydrogens is 330 g/mol. The third-order valence-corrected chi connectivity index (χ3v) is 5.94. The molecular formula is C25H41NO. The zero-order valence-corrected chi connectivity index (χ0v) is 18.8. The van der Waals surface area contributed by atoms with Crippen LogP contribution in [0.4, 0.5) is 0 Å². The molecule has 1 aromatic rings. The van der Waals surface area contributed by atoms with Crippen LogP contribution in [0.15, 0.2) is 24.3 Å². The molecule has 3 heterocycles. The van der Waals surface area contributed by atoms with Crippen LogP contribution in [0.25, 0.3) is 5.57 Å². The molecule has 0 spiro atoms. The molecule has 2 nitrogen and oxygen atoms in total. The molecule has 0 aromatic heterocycles. The Labute approximate surface area is 168 Å². The zero-order valence-electron chi connectivity index (χ0n) is 18.8. The predicted octanol–water partition coefficient (Wildman–Crippen LogP) is 6.64. The zero-order chi connectivity index (χ0) is 20.4. The molecule has 0 aliphatic carbocycles. The molecule has 0 radical (unpaired) electrons. The number of hydrogen-bond acceptors (Lipinski definition) is 2. The number of piperidine rings is 3. The smallest absolute Gasteiger partial charge is 0.160 e. The van der Waals surface area contributed by atoms with Gasteiger partial charge in [0.05, 0.1) is 0 Å². The normalized spacial score (nSPS) is 23.7. The van der Waals surface area contributed by atoms with Gasteiger partial charge < -0.3 is 4.90 Å². The van der Waals surface area contributed by atoms with Crippen molar-refractivity contribution in [1.82, 2.24) is 4.90 Å². The molecule has 1 atom stereocenters. The number of hydrogen-bond donors (Lipinski definition) is 0. The summed E-state index contributed by atoms with van der Waals surface area (Å²) in [5.74, 6) is 2.22. The first-order valence-electron chi connectivity index (χ1n) is 11.0. The van der Waals surface area contributed by atoms with Crippen molar-refractivity contribution in [2.24, 2.45) is 11.8 Å². The van der Waals surface area contributed by atoms with Gasteiger partial charge in [-0.25, -0.2) is 0 Å². The molecule has 3 aliphatic rings. The number of fused-ring (bicyclic) bond motifs is 3. The summed E-state index contributed by atoms with van der Waals surface area (Å²) in [7, 11) is 0. The van der Waals surface area contributed by atoms with Gasteiger partial charge in [-0.1, -0.05) is 58.9 Å². The molecule has 27 heavy (non-hydrogen) atoms. The standard InChI is InChI=1S/C15H20O.C8H15N.C2H6/c1-5-12(6-2)15-13(7-3)9-8-10-14(15)11(4)16;1-7-6-9-4-2-8(7)3-5-9;1-2/h5,8-10H,6-7H2,1-4H3;7-8H,2-6H2,1H3;1-2H3/b12-5-;;. The van der Waals surface area contributed by atoms with Gasteiger partial charge in [-0.15, -0.1) is 0 Å². The molecule has 0 N–H and O–H groups in total. The number of aryl methyl sites for hydroxylation is 1. The molecule has 2 bridgehead atoms. The quantitative estimate of drug-likeness (QED) is 0.553. The number of Topliss-reactive ketones (excluding diaryl/α,β-unsaturated/α-hetero) is 1. The summed E-state index contributed by atoms with van der Waals surface area (Å²) < 4.78 is 0. The van der Waals surface area contributed by atoms with E-state index in [0.717, 1.165) is 35.8 Å². The van der Waals surface area contributed by atoms with Crippen molar-refractivity contribution in [3.05, 3.63) is 41.0 Å². The van der Waals surface area contributed by atoms with Crippen molar-refractivity contribution in [1.29, 1.82) is 0 Å². The van der Waals surface area contributed by atoms with Crippen molar-refractivity contribution >= 4 is 11.4 Å². The minimum atomic E-state index is 0.151. The summed E-state index contributed by atoms with van der Waals surface area (Å²) in [4.78, 5) is 14.2. The topological polar surface area (TPSA) is 20.3 Å². The largest absolute Gasteiger partial charge is 0.303 e. The van der Waals surface area contributed by atoms with E-state index in [1.54, 1.807) is 6.92 Å². The van der Waals surface area contributed by atoms with Crippen molar-refractivity contribution < 1.29 is 4.79 Å². The lowest BCUT2D eigenvalue weighted by atomic mass is 9.80. The number of rotatable bonds is 4. The highest BCUT2D eigenvalue weighted by molar-refractivity contribution is 5.99. The van der Waals surface area contributed by atoms with E-state index >= 15 is 0 Å². The second-order valence-corrected chi connectivity index (χ2v) is 7.53. The molecule has 0 amide bonds. The predicted molar refractivity (Wildman–Crippen MR) is 119 cm³/mol. The van der Waals surface area contributed by atoms with E-state index in [1.165, 1.54) is 43.6 Å². The Morgan fingerprint density at radius 3 is 2.15 bits per heavy atom. The lowest BCUT2D eigenvalue weighted by Crippen LogP contribution is -2.46. The van der Waals surface area contributed by atoms with Crippen molar-refractivity contribution in [3.8, 4) is 0 Å². The van der Waals surface area contributed by atoms with Crippen LogP contribution in [0.1, 0.15) is 89.2 Å². The van der Waals surface area contributed by atoms with Crippen molar-refractivity contribution in [2.45, 2.75) is 74.1 Å². The van der Waals surface area contributed by atoms with Crippen molar-refractivity contribution in [2.75, 3.05) is 19.6 Å². The molecule has 152 valence electrons. The number of allylic oxidation sites excluding steroid dienone is 2. The van der Waals surface area contributed by atoms with Crippen LogP contribution in [0, 0.1) is 11.8 Å². The summed E-state index contributed by atoms with van der Waals surface area (Å²) in [5, 5.41) is 0. The highest BCUT2D eigenvalue weighted by Crippen LogP contribution is 2.31. The summed E-state index contributed by atoms with van der Waals surface area (Å²) in [5.41, 5.74) is 4.54. The van der Waals surface area contributed by atoms with E-state index in [9.17, 15) is 4.79 Å². The van der Waals surface area contributed by atoms with Gasteiger partial charge >= 0.3 is 0 Å². The maximum atomic E-state index is 11.6. The van der Waals surface area contributed by atoms with Gasteiger partial charge in [0, 0.05) is 12.1 Å². The average molecular weight is 372 g/mol. The van der Waals surface area contributed by atoms with Gasteiger partial charge in [0.1, 0.15) is 0 Å². The fourth-order valence-electron chi connectivity index (χ4n) is 4.35. The van der Waals surface area contributed by atoms with Gasteiger partial charge in [0.25, 0.3) is 0 Å². The van der Waals surface area contributed by atoms with Crippen LogP contribution in [0.2, 0.25) is 0 Å². The van der Waals surface area contributed by atoms with Crippen molar-refractivity contribution in [3.63, 3.8) is 0 Å². The summed E-state index contributed by atoms with van der Waals surface area (Å²) in [6.07, 6.45) is 6.99. The fourth-order valence-corrected chi connectivity index (χ4v) is 4.35. The van der Waals surface area contributed by atoms with Crippen LogP contribution < -0.4 is 0 Å². The monoisotopic (exact) mass is 371 g/mol. The molecule has 1 unspecified atom stereocenters. The molecule has 1 aromatic carbocycles. The first kappa shape index (κ1) is 23.6. The number of carbonyl (C=O) groups excluding carboxylic acids is 1. The third-order valence-electron chi connectivity index (χ3n) is 5.94. The highest BCUT2D eigenvalue weighted by atomic mass is 16.1. The molecule has 0 saturated carbocycles. The van der Waals surface area contributed by atoms with Gasteiger partial charge in [-0.3, -0.25) is 4.79 Å². The van der Waals surface area contributed by atoms with E-state index in [2.05, 4.69) is 37.8 Å². The Morgan fingerprint density at radius 2 is 1.81 bits per heavy atom. The lowest BCUT2D eigenvalue weighted by Gasteiger charge is -2.43. The SMILES string of the molecule is C/C=C(/CC)c1c(CC)cccc1C(C)=O.CC.CC1CN2CCC1CC2. The lowest BCUT2D eigenvalue weighted by molar-refractivity contribution is 0.0603. The van der Waals surface area contributed by atoms with Gasteiger partial charge in [0.15, 0.2) is 5.78 Å². The summed E-state index contributed by atoms with van der Waals surface area (Å²) in [6.45, 7) is 18.5. The minimum Gasteiger partial charge on any atom is -0.303 e. The first-order valence-corrected chi connectivity index (χ1v) is 11.0. The maximum Gasteiger partial charge on any atom is 0.160 e. The maximum absolute atomic E-state index is 11.6. The van der Waals surface area contributed by atoms with E-state index in [1.807, 2.05) is 32.9 Å². The first-order chi connectivity index (χ1) is 13.0. The van der Waals surface area contributed by atoms with E-state index in [0.29, 0.717) is 0 Å². The molecule has 3 saturated heterocycles. The van der Waals surface area contributed by atoms with Crippen LogP contribution in [0.3, 0.4) is 0 Å². The molecule has 3 aliphatic heterocycles. The third kappa shape index (κ3) is 6.31. The summed E-state index contributed by atoms with van der Waals surface area (Å²) in [6, 6.07) is 6.01. The number of benzene rings is 1. The Hall–Kier alpha value is -1.41. The Kier molecular flexibility index (Phi) is 10.6. The van der Waals surface area contributed by atoms with E-state index in [4.69, 9.17) is 0 Å². The van der Waals surface area contributed by atoms with Crippen LogP contribution in [-0.4, -0.2) is 30.3 Å². The van der Waals surface area contributed by atoms with Crippen LogP contribution in [0.5, 0.6) is 0 Å². The van der Waals surface area contributed by atoms with Crippen LogP contribution >= 0.6 is 0 Å². The number of ketones is 1. The Morgan fingerprint density at radius 1 is 1.19 bits per heavy atom. The van der Waals surface area contributed by atoms with Gasteiger partial charge in [-0.05, 0) is 81.2 Å². The molecule has 3 fully saturated rings. The number of nitrogens with zero attached hydrogens (tertiary/aromatic N) is 1. The van der Waals surface area contributed by atoms with Gasteiger partial charge in [-0.2, -0.15) is 0 Å². The van der Waals surface area contributed by atoms with E-state index < -0.39 is 0 Å². The Bertz CT molecular complexity index is 609. The minimum absolute atomic E-state index is 0.151. The number of carbonyl (C=O) groups is 1. The molecule has 2 heteroatoms.